The van der Waals surface area contributed by atoms with Gasteiger partial charge in [-0.25, -0.2) is 4.98 Å². The predicted molar refractivity (Wildman–Crippen MR) is 80.4 cm³/mol. The minimum absolute atomic E-state index is 0.608. The van der Waals surface area contributed by atoms with Crippen molar-refractivity contribution in [2.24, 2.45) is 0 Å². The van der Waals surface area contributed by atoms with E-state index in [1.165, 1.54) is 23.8 Å². The molecule has 0 aliphatic carbocycles. The molecule has 0 bridgehead atoms. The van der Waals surface area contributed by atoms with Crippen LogP contribution in [0, 0.1) is 0 Å². The van der Waals surface area contributed by atoms with Crippen LogP contribution in [0.15, 0.2) is 30.3 Å². The smallest absolute Gasteiger partial charge is 0.133 e. The SMILES string of the molecule is CC1CCCN1c1nc2ccccc2cc1CBr. The van der Waals surface area contributed by atoms with Crippen molar-refractivity contribution in [3.63, 3.8) is 0 Å². The number of alkyl halides is 1. The summed E-state index contributed by atoms with van der Waals surface area (Å²) in [5.74, 6) is 1.16. The van der Waals surface area contributed by atoms with E-state index >= 15 is 0 Å². The zero-order valence-corrected chi connectivity index (χ0v) is 12.2. The number of pyridine rings is 1. The molecule has 0 spiro atoms. The van der Waals surface area contributed by atoms with E-state index in [0.717, 1.165) is 23.2 Å². The summed E-state index contributed by atoms with van der Waals surface area (Å²) in [6.45, 7) is 3.42. The van der Waals surface area contributed by atoms with Crippen LogP contribution < -0.4 is 4.90 Å². The Morgan fingerprint density at radius 2 is 2.22 bits per heavy atom. The van der Waals surface area contributed by atoms with Gasteiger partial charge in [0.1, 0.15) is 5.82 Å². The maximum atomic E-state index is 4.87. The van der Waals surface area contributed by atoms with E-state index in [4.69, 9.17) is 4.98 Å². The van der Waals surface area contributed by atoms with E-state index in [2.05, 4.69) is 58.1 Å². The predicted octanol–water partition coefficient (Wildman–Crippen LogP) is 4.12. The maximum Gasteiger partial charge on any atom is 0.133 e. The standard InChI is InChI=1S/C15H17BrN2/c1-11-5-4-8-18(11)15-13(10-16)9-12-6-2-3-7-14(12)17-15/h2-3,6-7,9,11H,4-5,8,10H2,1H3. The van der Waals surface area contributed by atoms with Gasteiger partial charge in [0.2, 0.25) is 0 Å². The van der Waals surface area contributed by atoms with E-state index in [1.807, 2.05) is 0 Å². The number of anilines is 1. The molecule has 1 atom stereocenters. The van der Waals surface area contributed by atoms with E-state index < -0.39 is 0 Å². The Kier molecular flexibility index (Phi) is 3.25. The third-order valence-corrected chi connectivity index (χ3v) is 4.35. The molecule has 1 aliphatic rings. The largest absolute Gasteiger partial charge is 0.354 e. The number of benzene rings is 1. The molecule has 18 heavy (non-hydrogen) atoms. The van der Waals surface area contributed by atoms with Crippen LogP contribution in [0.4, 0.5) is 5.82 Å². The summed E-state index contributed by atoms with van der Waals surface area (Å²) in [5.41, 5.74) is 2.39. The van der Waals surface area contributed by atoms with Crippen molar-refractivity contribution in [1.29, 1.82) is 0 Å². The summed E-state index contributed by atoms with van der Waals surface area (Å²) >= 11 is 3.59. The van der Waals surface area contributed by atoms with Gasteiger partial charge in [0.25, 0.3) is 0 Å². The highest BCUT2D eigenvalue weighted by molar-refractivity contribution is 9.08. The van der Waals surface area contributed by atoms with Crippen LogP contribution in [0.5, 0.6) is 0 Å². The quantitative estimate of drug-likeness (QED) is 0.776. The van der Waals surface area contributed by atoms with Crippen LogP contribution >= 0.6 is 15.9 Å². The highest BCUT2D eigenvalue weighted by Gasteiger charge is 2.23. The van der Waals surface area contributed by atoms with Gasteiger partial charge in [-0.2, -0.15) is 0 Å². The summed E-state index contributed by atoms with van der Waals surface area (Å²) in [6.07, 6.45) is 2.55. The number of rotatable bonds is 2. The Hall–Kier alpha value is -1.09. The average Bonchev–Trinajstić information content (AvgIpc) is 2.83. The molecule has 1 aromatic carbocycles. The fraction of sp³-hybridized carbons (Fsp3) is 0.400. The van der Waals surface area contributed by atoms with E-state index in [9.17, 15) is 0 Å². The number of hydrogen-bond acceptors (Lipinski definition) is 2. The first-order valence-electron chi connectivity index (χ1n) is 6.51. The molecule has 0 N–H and O–H groups in total. The van der Waals surface area contributed by atoms with Crippen LogP contribution in [0.2, 0.25) is 0 Å². The monoisotopic (exact) mass is 304 g/mol. The van der Waals surface area contributed by atoms with Gasteiger partial charge in [0.15, 0.2) is 0 Å². The van der Waals surface area contributed by atoms with Crippen molar-refractivity contribution in [2.75, 3.05) is 11.4 Å². The second-order valence-corrected chi connectivity index (χ2v) is 5.54. The van der Waals surface area contributed by atoms with Crippen molar-refractivity contribution < 1.29 is 0 Å². The van der Waals surface area contributed by atoms with Gasteiger partial charge in [0, 0.05) is 28.9 Å². The minimum Gasteiger partial charge on any atom is -0.354 e. The summed E-state index contributed by atoms with van der Waals surface area (Å²) in [7, 11) is 0. The van der Waals surface area contributed by atoms with Crippen molar-refractivity contribution in [2.45, 2.75) is 31.1 Å². The van der Waals surface area contributed by atoms with Gasteiger partial charge in [-0.05, 0) is 31.9 Å². The molecule has 1 fully saturated rings. The minimum atomic E-state index is 0.608. The molecule has 1 aliphatic heterocycles. The third kappa shape index (κ3) is 2.01. The van der Waals surface area contributed by atoms with Crippen molar-refractivity contribution in [1.82, 2.24) is 4.98 Å². The summed E-state index contributed by atoms with van der Waals surface area (Å²) in [4.78, 5) is 7.32. The Morgan fingerprint density at radius 3 is 2.94 bits per heavy atom. The fourth-order valence-corrected chi connectivity index (χ4v) is 3.16. The summed E-state index contributed by atoms with van der Waals surface area (Å²) < 4.78 is 0. The lowest BCUT2D eigenvalue weighted by atomic mass is 10.1. The topological polar surface area (TPSA) is 16.1 Å². The first-order valence-corrected chi connectivity index (χ1v) is 7.63. The number of halogens is 1. The Balaban J connectivity index is 2.14. The van der Waals surface area contributed by atoms with Crippen molar-refractivity contribution >= 4 is 32.7 Å². The lowest BCUT2D eigenvalue weighted by molar-refractivity contribution is 0.726. The molecule has 3 rings (SSSR count). The Labute approximate surface area is 116 Å². The van der Waals surface area contributed by atoms with Crippen molar-refractivity contribution in [3.05, 3.63) is 35.9 Å². The molecule has 2 nitrogen and oxygen atoms in total. The summed E-state index contributed by atoms with van der Waals surface area (Å²) in [6, 6.07) is 11.2. The molecule has 1 aromatic heterocycles. The Morgan fingerprint density at radius 1 is 1.39 bits per heavy atom. The van der Waals surface area contributed by atoms with E-state index in [1.54, 1.807) is 0 Å². The number of nitrogens with zero attached hydrogens (tertiary/aromatic N) is 2. The number of hydrogen-bond donors (Lipinski definition) is 0. The maximum absolute atomic E-state index is 4.87. The zero-order valence-electron chi connectivity index (χ0n) is 10.6. The molecule has 1 saturated heterocycles. The van der Waals surface area contributed by atoms with Crippen molar-refractivity contribution in [3.8, 4) is 0 Å². The Bertz CT molecular complexity index is 567. The molecule has 3 heteroatoms. The molecule has 0 radical (unpaired) electrons. The average molecular weight is 305 g/mol. The highest BCUT2D eigenvalue weighted by Crippen LogP contribution is 2.30. The van der Waals surface area contributed by atoms with Crippen LogP contribution in [0.1, 0.15) is 25.3 Å². The molecule has 1 unspecified atom stereocenters. The normalized spacial score (nSPS) is 19.7. The third-order valence-electron chi connectivity index (χ3n) is 3.75. The second kappa shape index (κ2) is 4.88. The number of para-hydroxylation sites is 1. The lowest BCUT2D eigenvalue weighted by Crippen LogP contribution is -2.28. The van der Waals surface area contributed by atoms with E-state index in [-0.39, 0.29) is 0 Å². The summed E-state index contributed by atoms with van der Waals surface area (Å²) in [5, 5.41) is 2.09. The van der Waals surface area contributed by atoms with Crippen LogP contribution in [-0.2, 0) is 5.33 Å². The molecule has 94 valence electrons. The first-order chi connectivity index (χ1) is 8.79. The molecular weight excluding hydrogens is 288 g/mol. The molecule has 2 heterocycles. The van der Waals surface area contributed by atoms with Gasteiger partial charge in [-0.3, -0.25) is 0 Å². The number of fused-ring (bicyclic) bond motifs is 1. The van der Waals surface area contributed by atoms with Gasteiger partial charge in [0.05, 0.1) is 5.52 Å². The van der Waals surface area contributed by atoms with Gasteiger partial charge < -0.3 is 4.90 Å². The van der Waals surface area contributed by atoms with Crippen LogP contribution in [-0.4, -0.2) is 17.6 Å². The zero-order chi connectivity index (χ0) is 12.5. The molecule has 0 amide bonds. The van der Waals surface area contributed by atoms with Gasteiger partial charge in [-0.1, -0.05) is 34.1 Å². The van der Waals surface area contributed by atoms with E-state index in [0.29, 0.717) is 6.04 Å². The first kappa shape index (κ1) is 12.0. The lowest BCUT2D eigenvalue weighted by Gasteiger charge is -2.25. The van der Waals surface area contributed by atoms with Gasteiger partial charge in [-0.15, -0.1) is 0 Å². The molecule has 0 saturated carbocycles. The van der Waals surface area contributed by atoms with Crippen LogP contribution in [0.25, 0.3) is 10.9 Å². The fourth-order valence-electron chi connectivity index (χ4n) is 2.74. The van der Waals surface area contributed by atoms with Gasteiger partial charge >= 0.3 is 0 Å². The van der Waals surface area contributed by atoms with Crippen LogP contribution in [0.3, 0.4) is 0 Å². The molecular formula is C15H17BrN2. The second-order valence-electron chi connectivity index (χ2n) is 4.98. The highest BCUT2D eigenvalue weighted by atomic mass is 79.9. The number of aromatic nitrogens is 1. The molecule has 2 aromatic rings.